The van der Waals surface area contributed by atoms with Gasteiger partial charge in [0.25, 0.3) is 0 Å². The Balaban J connectivity index is 1.73. The minimum atomic E-state index is -0.748. The molecule has 23 heavy (non-hydrogen) atoms. The van der Waals surface area contributed by atoms with Gasteiger partial charge < -0.3 is 10.0 Å². The molecule has 1 unspecified atom stereocenters. The predicted octanol–water partition coefficient (Wildman–Crippen LogP) is 3.33. The van der Waals surface area contributed by atoms with Crippen molar-refractivity contribution in [1.29, 1.82) is 0 Å². The van der Waals surface area contributed by atoms with Crippen LogP contribution >= 0.6 is 11.8 Å². The van der Waals surface area contributed by atoms with Crippen molar-refractivity contribution in [3.8, 4) is 0 Å². The van der Waals surface area contributed by atoms with Gasteiger partial charge >= 0.3 is 5.97 Å². The van der Waals surface area contributed by atoms with Gasteiger partial charge in [-0.3, -0.25) is 9.59 Å². The first kappa shape index (κ1) is 17.9. The van der Waals surface area contributed by atoms with Gasteiger partial charge in [0.05, 0.1) is 5.75 Å². The fourth-order valence-corrected chi connectivity index (χ4v) is 3.88. The third-order valence-corrected chi connectivity index (χ3v) is 5.20. The van der Waals surface area contributed by atoms with Crippen LogP contribution in [0, 0.1) is 12.8 Å². The average Bonchev–Trinajstić information content (AvgIpc) is 2.53. The molecule has 0 spiro atoms. The first-order valence-electron chi connectivity index (χ1n) is 8.17. The van der Waals surface area contributed by atoms with Crippen molar-refractivity contribution >= 4 is 23.6 Å². The SMILES string of the molecule is Cc1cccc(CSCC(=O)N2CCCC(CCC(=O)O)C2)c1. The Kier molecular flexibility index (Phi) is 6.96. The van der Waals surface area contributed by atoms with Gasteiger partial charge in [0.2, 0.25) is 5.91 Å². The van der Waals surface area contributed by atoms with Gasteiger partial charge in [-0.15, -0.1) is 11.8 Å². The lowest BCUT2D eigenvalue weighted by atomic mass is 9.93. The van der Waals surface area contributed by atoms with Gasteiger partial charge in [-0.2, -0.15) is 0 Å². The van der Waals surface area contributed by atoms with Crippen LogP contribution in [0.5, 0.6) is 0 Å². The number of likely N-dealkylation sites (tertiary alicyclic amines) is 1. The van der Waals surface area contributed by atoms with Crippen molar-refractivity contribution < 1.29 is 14.7 Å². The van der Waals surface area contributed by atoms with Crippen LogP contribution < -0.4 is 0 Å². The molecule has 126 valence electrons. The number of hydrogen-bond acceptors (Lipinski definition) is 3. The molecule has 1 heterocycles. The van der Waals surface area contributed by atoms with E-state index in [0.717, 1.165) is 31.7 Å². The monoisotopic (exact) mass is 335 g/mol. The topological polar surface area (TPSA) is 57.6 Å². The molecule has 0 aromatic heterocycles. The molecule has 1 amide bonds. The summed E-state index contributed by atoms with van der Waals surface area (Å²) in [5, 5.41) is 8.78. The number of nitrogens with zero attached hydrogens (tertiary/aromatic N) is 1. The van der Waals surface area contributed by atoms with Crippen LogP contribution in [-0.2, 0) is 15.3 Å². The zero-order valence-electron chi connectivity index (χ0n) is 13.7. The summed E-state index contributed by atoms with van der Waals surface area (Å²) in [5.41, 5.74) is 2.49. The Morgan fingerprint density at radius 1 is 1.39 bits per heavy atom. The summed E-state index contributed by atoms with van der Waals surface area (Å²) in [4.78, 5) is 24.9. The van der Waals surface area contributed by atoms with Crippen LogP contribution in [0.25, 0.3) is 0 Å². The smallest absolute Gasteiger partial charge is 0.303 e. The maximum Gasteiger partial charge on any atom is 0.303 e. The van der Waals surface area contributed by atoms with E-state index in [1.54, 1.807) is 11.8 Å². The molecule has 0 bridgehead atoms. The molecule has 1 N–H and O–H groups in total. The predicted molar refractivity (Wildman–Crippen MR) is 93.5 cm³/mol. The second-order valence-corrected chi connectivity index (χ2v) is 7.25. The molecule has 0 aliphatic carbocycles. The van der Waals surface area contributed by atoms with Crippen LogP contribution in [0.2, 0.25) is 0 Å². The highest BCUT2D eigenvalue weighted by Crippen LogP contribution is 2.22. The molecule has 5 heteroatoms. The minimum absolute atomic E-state index is 0.183. The molecule has 0 saturated carbocycles. The van der Waals surface area contributed by atoms with E-state index in [0.29, 0.717) is 18.1 Å². The summed E-state index contributed by atoms with van der Waals surface area (Å²) in [6.07, 6.45) is 2.90. The fourth-order valence-electron chi connectivity index (χ4n) is 3.00. The maximum absolute atomic E-state index is 12.3. The van der Waals surface area contributed by atoms with Crippen molar-refractivity contribution in [3.05, 3.63) is 35.4 Å². The molecule has 2 rings (SSSR count). The van der Waals surface area contributed by atoms with Crippen molar-refractivity contribution in [2.24, 2.45) is 5.92 Å². The quantitative estimate of drug-likeness (QED) is 0.830. The number of aliphatic carboxylic acids is 1. The average molecular weight is 335 g/mol. The molecular formula is C18H25NO3S. The van der Waals surface area contributed by atoms with E-state index in [2.05, 4.69) is 25.1 Å². The lowest BCUT2D eigenvalue weighted by Gasteiger charge is -2.32. The van der Waals surface area contributed by atoms with Crippen molar-refractivity contribution in [2.75, 3.05) is 18.8 Å². The first-order chi connectivity index (χ1) is 11.0. The van der Waals surface area contributed by atoms with Gasteiger partial charge in [0.15, 0.2) is 0 Å². The van der Waals surface area contributed by atoms with E-state index in [1.807, 2.05) is 11.0 Å². The molecule has 1 aliphatic heterocycles. The zero-order chi connectivity index (χ0) is 16.7. The Morgan fingerprint density at radius 3 is 2.96 bits per heavy atom. The first-order valence-corrected chi connectivity index (χ1v) is 9.33. The van der Waals surface area contributed by atoms with Gasteiger partial charge in [-0.05, 0) is 37.7 Å². The van der Waals surface area contributed by atoms with Crippen molar-refractivity contribution in [3.63, 3.8) is 0 Å². The highest BCUT2D eigenvalue weighted by atomic mass is 32.2. The van der Waals surface area contributed by atoms with E-state index in [4.69, 9.17) is 5.11 Å². The van der Waals surface area contributed by atoms with E-state index in [-0.39, 0.29) is 12.3 Å². The normalized spacial score (nSPS) is 18.0. The summed E-state index contributed by atoms with van der Waals surface area (Å²) in [6.45, 7) is 3.61. The van der Waals surface area contributed by atoms with E-state index >= 15 is 0 Å². The van der Waals surface area contributed by atoms with E-state index in [1.165, 1.54) is 11.1 Å². The number of piperidine rings is 1. The highest BCUT2D eigenvalue weighted by Gasteiger charge is 2.23. The number of carbonyl (C=O) groups excluding carboxylic acids is 1. The van der Waals surface area contributed by atoms with Crippen LogP contribution in [-0.4, -0.2) is 40.7 Å². The second-order valence-electron chi connectivity index (χ2n) is 6.26. The summed E-state index contributed by atoms with van der Waals surface area (Å²) in [5.74, 6) is 1.12. The number of carbonyl (C=O) groups is 2. The third kappa shape index (κ3) is 6.26. The Morgan fingerprint density at radius 2 is 2.22 bits per heavy atom. The summed E-state index contributed by atoms with van der Waals surface area (Å²) < 4.78 is 0. The van der Waals surface area contributed by atoms with Crippen molar-refractivity contribution in [2.45, 2.75) is 38.4 Å². The van der Waals surface area contributed by atoms with Gasteiger partial charge in [0, 0.05) is 25.3 Å². The standard InChI is InChI=1S/C18H25NO3S/c1-14-4-2-5-16(10-14)12-23-13-17(20)19-9-3-6-15(11-19)7-8-18(21)22/h2,4-5,10,15H,3,6-9,11-13H2,1H3,(H,21,22). The molecule has 1 saturated heterocycles. The molecule has 1 aromatic rings. The largest absolute Gasteiger partial charge is 0.481 e. The van der Waals surface area contributed by atoms with Crippen LogP contribution in [0.3, 0.4) is 0 Å². The Bertz CT molecular complexity index is 547. The summed E-state index contributed by atoms with van der Waals surface area (Å²) in [6, 6.07) is 8.36. The number of amides is 1. The number of carboxylic acids is 1. The third-order valence-electron chi connectivity index (χ3n) is 4.21. The van der Waals surface area contributed by atoms with E-state index < -0.39 is 5.97 Å². The molecule has 1 aliphatic rings. The molecule has 1 fully saturated rings. The molecular weight excluding hydrogens is 310 g/mol. The Hall–Kier alpha value is -1.49. The number of thioether (sulfide) groups is 1. The fraction of sp³-hybridized carbons (Fsp3) is 0.556. The highest BCUT2D eigenvalue weighted by molar-refractivity contribution is 7.99. The minimum Gasteiger partial charge on any atom is -0.481 e. The molecule has 1 aromatic carbocycles. The maximum atomic E-state index is 12.3. The van der Waals surface area contributed by atoms with Gasteiger partial charge in [-0.1, -0.05) is 29.8 Å². The molecule has 4 nitrogen and oxygen atoms in total. The van der Waals surface area contributed by atoms with Crippen molar-refractivity contribution in [1.82, 2.24) is 4.90 Å². The van der Waals surface area contributed by atoms with Gasteiger partial charge in [-0.25, -0.2) is 0 Å². The summed E-state index contributed by atoms with van der Waals surface area (Å²) >= 11 is 1.65. The second kappa shape index (κ2) is 8.96. The Labute approximate surface area is 142 Å². The number of carboxylic acid groups (broad SMARTS) is 1. The van der Waals surface area contributed by atoms with Crippen LogP contribution in [0.1, 0.15) is 36.8 Å². The number of benzene rings is 1. The number of aryl methyl sites for hydroxylation is 1. The van der Waals surface area contributed by atoms with Gasteiger partial charge in [0.1, 0.15) is 0 Å². The van der Waals surface area contributed by atoms with Crippen LogP contribution in [0.4, 0.5) is 0 Å². The molecule has 1 atom stereocenters. The molecule has 0 radical (unpaired) electrons. The zero-order valence-corrected chi connectivity index (χ0v) is 14.5. The number of hydrogen-bond donors (Lipinski definition) is 1. The van der Waals surface area contributed by atoms with Crippen LogP contribution in [0.15, 0.2) is 24.3 Å². The van der Waals surface area contributed by atoms with E-state index in [9.17, 15) is 9.59 Å². The lowest BCUT2D eigenvalue weighted by molar-refractivity contribution is -0.137. The number of rotatable bonds is 7. The lowest BCUT2D eigenvalue weighted by Crippen LogP contribution is -2.41. The summed E-state index contributed by atoms with van der Waals surface area (Å²) in [7, 11) is 0.